The van der Waals surface area contributed by atoms with Crippen molar-refractivity contribution in [1.82, 2.24) is 0 Å². The van der Waals surface area contributed by atoms with Crippen molar-refractivity contribution in [3.63, 3.8) is 0 Å². The Morgan fingerprint density at radius 3 is 2.45 bits per heavy atom. The Hall–Kier alpha value is -2.50. The smallest absolute Gasteiger partial charge is 0.387 e. The summed E-state index contributed by atoms with van der Waals surface area (Å²) >= 11 is 0. The van der Waals surface area contributed by atoms with Gasteiger partial charge in [-0.15, -0.1) is 0 Å². The number of carbonyl (C=O) groups is 1. The van der Waals surface area contributed by atoms with Crippen molar-refractivity contribution in [2.75, 3.05) is 5.32 Å². The molecule has 2 aromatic rings. The van der Waals surface area contributed by atoms with E-state index < -0.39 is 12.4 Å². The van der Waals surface area contributed by atoms with Crippen LogP contribution in [-0.2, 0) is 11.2 Å². The second kappa shape index (κ2) is 6.98. The van der Waals surface area contributed by atoms with E-state index in [4.69, 9.17) is 0 Å². The number of alkyl halides is 2. The van der Waals surface area contributed by atoms with E-state index in [-0.39, 0.29) is 18.1 Å². The topological polar surface area (TPSA) is 38.3 Å². The minimum atomic E-state index is -2.88. The Morgan fingerprint density at radius 1 is 1.18 bits per heavy atom. The van der Waals surface area contributed by atoms with E-state index in [1.54, 1.807) is 19.1 Å². The van der Waals surface area contributed by atoms with Gasteiger partial charge < -0.3 is 10.1 Å². The molecule has 0 aliphatic heterocycles. The zero-order valence-electron chi connectivity index (χ0n) is 11.8. The first-order chi connectivity index (χ1) is 10.4. The first-order valence-corrected chi connectivity index (χ1v) is 6.54. The number of hydrogen-bond acceptors (Lipinski definition) is 2. The van der Waals surface area contributed by atoms with Gasteiger partial charge in [0.05, 0.1) is 6.42 Å². The van der Waals surface area contributed by atoms with Crippen LogP contribution in [0, 0.1) is 12.7 Å². The average Bonchev–Trinajstić information content (AvgIpc) is 2.44. The van der Waals surface area contributed by atoms with Crippen molar-refractivity contribution in [3.8, 4) is 5.75 Å². The van der Waals surface area contributed by atoms with E-state index in [9.17, 15) is 18.0 Å². The molecule has 0 heterocycles. The van der Waals surface area contributed by atoms with Crippen LogP contribution in [0.3, 0.4) is 0 Å². The molecule has 0 bridgehead atoms. The summed E-state index contributed by atoms with van der Waals surface area (Å²) in [6, 6.07) is 10.2. The van der Waals surface area contributed by atoms with Gasteiger partial charge in [0.1, 0.15) is 11.6 Å². The Morgan fingerprint density at radius 2 is 1.86 bits per heavy atom. The van der Waals surface area contributed by atoms with Gasteiger partial charge in [-0.3, -0.25) is 4.79 Å². The van der Waals surface area contributed by atoms with E-state index in [0.717, 1.165) is 0 Å². The molecular formula is C16H14F3NO2. The predicted molar refractivity (Wildman–Crippen MR) is 76.5 cm³/mol. The molecule has 6 heteroatoms. The van der Waals surface area contributed by atoms with Gasteiger partial charge in [-0.25, -0.2) is 4.39 Å². The van der Waals surface area contributed by atoms with Crippen molar-refractivity contribution in [1.29, 1.82) is 0 Å². The molecule has 0 saturated heterocycles. The van der Waals surface area contributed by atoms with Crippen LogP contribution in [-0.4, -0.2) is 12.5 Å². The van der Waals surface area contributed by atoms with Crippen LogP contribution >= 0.6 is 0 Å². The van der Waals surface area contributed by atoms with Gasteiger partial charge in [0.15, 0.2) is 0 Å². The number of hydrogen-bond donors (Lipinski definition) is 1. The fraction of sp³-hybridized carbons (Fsp3) is 0.188. The number of carbonyl (C=O) groups excluding carboxylic acids is 1. The van der Waals surface area contributed by atoms with Crippen LogP contribution in [0.1, 0.15) is 11.1 Å². The third-order valence-electron chi connectivity index (χ3n) is 2.97. The highest BCUT2D eigenvalue weighted by Gasteiger charge is 2.08. The molecule has 3 nitrogen and oxygen atoms in total. The Balaban J connectivity index is 1.95. The number of ether oxygens (including phenoxy) is 1. The summed E-state index contributed by atoms with van der Waals surface area (Å²) in [4.78, 5) is 11.9. The second-order valence-corrected chi connectivity index (χ2v) is 4.71. The van der Waals surface area contributed by atoms with E-state index >= 15 is 0 Å². The number of aryl methyl sites for hydroxylation is 1. The van der Waals surface area contributed by atoms with Crippen LogP contribution in [0.5, 0.6) is 5.75 Å². The maximum Gasteiger partial charge on any atom is 0.387 e. The van der Waals surface area contributed by atoms with Crippen molar-refractivity contribution in [2.24, 2.45) is 0 Å². The average molecular weight is 309 g/mol. The van der Waals surface area contributed by atoms with Gasteiger partial charge in [-0.05, 0) is 42.3 Å². The molecule has 0 unspecified atom stereocenters. The number of benzene rings is 2. The lowest BCUT2D eigenvalue weighted by atomic mass is 10.1. The Bertz CT molecular complexity index is 657. The lowest BCUT2D eigenvalue weighted by Crippen LogP contribution is -2.14. The minimum absolute atomic E-state index is 0.0276. The third-order valence-corrected chi connectivity index (χ3v) is 2.97. The number of anilines is 1. The Labute approximate surface area is 125 Å². The number of rotatable bonds is 5. The fourth-order valence-electron chi connectivity index (χ4n) is 1.85. The molecule has 0 aromatic heterocycles. The molecule has 0 radical (unpaired) electrons. The molecule has 2 rings (SSSR count). The predicted octanol–water partition coefficient (Wildman–Crippen LogP) is 3.92. The second-order valence-electron chi connectivity index (χ2n) is 4.71. The molecule has 0 aliphatic carbocycles. The maximum atomic E-state index is 13.4. The van der Waals surface area contributed by atoms with Crippen LogP contribution in [0.15, 0.2) is 42.5 Å². The molecule has 0 aliphatic rings. The molecule has 1 N–H and O–H groups in total. The van der Waals surface area contributed by atoms with E-state index in [0.29, 0.717) is 16.8 Å². The van der Waals surface area contributed by atoms with Gasteiger partial charge >= 0.3 is 6.61 Å². The molecule has 0 atom stereocenters. The number of halogens is 3. The lowest BCUT2D eigenvalue weighted by Gasteiger charge is -2.08. The summed E-state index contributed by atoms with van der Waals surface area (Å²) in [6.07, 6.45) is 0.0461. The van der Waals surface area contributed by atoms with Crippen molar-refractivity contribution in [2.45, 2.75) is 20.0 Å². The minimum Gasteiger partial charge on any atom is -0.435 e. The summed E-state index contributed by atoms with van der Waals surface area (Å²) in [7, 11) is 0. The van der Waals surface area contributed by atoms with Crippen LogP contribution in [0.25, 0.3) is 0 Å². The molecule has 0 fully saturated rings. The molecule has 116 valence electrons. The Kier molecular flexibility index (Phi) is 5.04. The highest BCUT2D eigenvalue weighted by Crippen LogP contribution is 2.17. The van der Waals surface area contributed by atoms with Gasteiger partial charge in [-0.1, -0.05) is 18.2 Å². The van der Waals surface area contributed by atoms with Crippen molar-refractivity contribution >= 4 is 11.6 Å². The van der Waals surface area contributed by atoms with Crippen molar-refractivity contribution < 1.29 is 22.7 Å². The molecule has 22 heavy (non-hydrogen) atoms. The third kappa shape index (κ3) is 4.51. The maximum absolute atomic E-state index is 13.4. The highest BCUT2D eigenvalue weighted by molar-refractivity contribution is 5.92. The SMILES string of the molecule is Cc1ccc(NC(=O)Cc2ccc(OC(F)F)cc2)cc1F. The fourth-order valence-corrected chi connectivity index (χ4v) is 1.85. The molecular weight excluding hydrogens is 295 g/mol. The quantitative estimate of drug-likeness (QED) is 0.909. The van der Waals surface area contributed by atoms with Crippen LogP contribution in [0.2, 0.25) is 0 Å². The first-order valence-electron chi connectivity index (χ1n) is 6.54. The molecule has 1 amide bonds. The van der Waals surface area contributed by atoms with Crippen LogP contribution < -0.4 is 10.1 Å². The summed E-state index contributed by atoms with van der Waals surface area (Å²) < 4.78 is 41.6. The first kappa shape index (κ1) is 15.9. The monoisotopic (exact) mass is 309 g/mol. The summed E-state index contributed by atoms with van der Waals surface area (Å²) in [5.74, 6) is -0.697. The largest absolute Gasteiger partial charge is 0.435 e. The zero-order valence-corrected chi connectivity index (χ0v) is 11.8. The molecule has 0 spiro atoms. The zero-order chi connectivity index (χ0) is 16.1. The van der Waals surface area contributed by atoms with E-state index in [2.05, 4.69) is 10.1 Å². The molecule has 0 saturated carbocycles. The van der Waals surface area contributed by atoms with E-state index in [1.807, 2.05) is 0 Å². The lowest BCUT2D eigenvalue weighted by molar-refractivity contribution is -0.115. The van der Waals surface area contributed by atoms with Crippen molar-refractivity contribution in [3.05, 3.63) is 59.4 Å². The highest BCUT2D eigenvalue weighted by atomic mass is 19.3. The van der Waals surface area contributed by atoms with Gasteiger partial charge in [0.2, 0.25) is 5.91 Å². The van der Waals surface area contributed by atoms with Gasteiger partial charge in [0.25, 0.3) is 0 Å². The van der Waals surface area contributed by atoms with Gasteiger partial charge in [-0.2, -0.15) is 8.78 Å². The van der Waals surface area contributed by atoms with Crippen LogP contribution in [0.4, 0.5) is 18.9 Å². The van der Waals surface area contributed by atoms with E-state index in [1.165, 1.54) is 30.3 Å². The molecule has 2 aromatic carbocycles. The number of nitrogens with one attached hydrogen (secondary N) is 1. The summed E-state index contributed by atoms with van der Waals surface area (Å²) in [6.45, 7) is -1.25. The summed E-state index contributed by atoms with van der Waals surface area (Å²) in [5.41, 5.74) is 1.49. The number of amides is 1. The summed E-state index contributed by atoms with van der Waals surface area (Å²) in [5, 5.41) is 2.58. The van der Waals surface area contributed by atoms with Gasteiger partial charge in [0, 0.05) is 5.69 Å². The normalized spacial score (nSPS) is 10.6. The standard InChI is InChI=1S/C16H14F3NO2/c1-10-2-5-12(9-14(10)17)20-15(21)8-11-3-6-13(7-4-11)22-16(18)19/h2-7,9,16H,8H2,1H3,(H,20,21).